The first-order valence-corrected chi connectivity index (χ1v) is 27.8. The number of allylic oxidation sites excluding steroid dienone is 5. The Kier molecular flexibility index (Phi) is 44.0. The molecule has 0 spiro atoms. The fourth-order valence-electron chi connectivity index (χ4n) is 7.63. The highest BCUT2D eigenvalue weighted by atomic mass is 31.2. The molecule has 0 fully saturated rings. The fourth-order valence-corrected chi connectivity index (χ4v) is 8.36. The summed E-state index contributed by atoms with van der Waals surface area (Å²) in [4.78, 5) is 25.4. The number of unbranched alkanes of at least 4 members (excludes halogenated alkanes) is 31. The maximum Gasteiger partial charge on any atom is 0.268 e. The van der Waals surface area contributed by atoms with Crippen LogP contribution in [-0.4, -0.2) is 68.5 Å². The van der Waals surface area contributed by atoms with Crippen molar-refractivity contribution in [2.45, 2.75) is 257 Å². The molecule has 0 rings (SSSR count). The molecule has 8 nitrogen and oxygen atoms in total. The minimum Gasteiger partial charge on any atom is -0.756 e. The van der Waals surface area contributed by atoms with Gasteiger partial charge in [0.25, 0.3) is 7.82 Å². The van der Waals surface area contributed by atoms with Crippen molar-refractivity contribution in [2.24, 2.45) is 0 Å². The Bertz CT molecular complexity index is 1110. The minimum atomic E-state index is -4.60. The monoisotopic (exact) mass is 895 g/mol. The molecule has 0 aromatic rings. The van der Waals surface area contributed by atoms with Crippen molar-refractivity contribution in [2.75, 3.05) is 40.9 Å². The first-order valence-electron chi connectivity index (χ1n) is 26.4. The van der Waals surface area contributed by atoms with Gasteiger partial charge in [-0.3, -0.25) is 9.36 Å². The number of quaternary nitrogens is 1. The lowest BCUT2D eigenvalue weighted by Gasteiger charge is -2.29. The van der Waals surface area contributed by atoms with Gasteiger partial charge < -0.3 is 28.8 Å². The van der Waals surface area contributed by atoms with Gasteiger partial charge in [0.05, 0.1) is 39.9 Å². The van der Waals surface area contributed by atoms with Gasteiger partial charge >= 0.3 is 0 Å². The smallest absolute Gasteiger partial charge is 0.268 e. The molecule has 0 heterocycles. The number of nitrogens with zero attached hydrogens (tertiary/aromatic N) is 1. The van der Waals surface area contributed by atoms with E-state index in [1.165, 1.54) is 186 Å². The lowest BCUT2D eigenvalue weighted by molar-refractivity contribution is -0.870. The standard InChI is InChI=1S/C53H103N2O6P/c1-6-8-10-12-14-16-18-20-22-24-25-26-27-28-29-31-32-34-36-38-40-42-44-46-52(56)51(50-61-62(58,59)60-49-48-55(3,4)5)54-53(57)47-45-43-41-39-37-35-33-30-23-21-19-17-15-13-11-9-7-2/h21,23,36,38,44,46,51-52,56H,6-20,22,24-35,37,39-43,45,47-50H2,1-5H3,(H-,54,57,58,59)/b23-21-,38-36+,46-44+. The lowest BCUT2D eigenvalue weighted by atomic mass is 10.0. The highest BCUT2D eigenvalue weighted by Gasteiger charge is 2.23. The van der Waals surface area contributed by atoms with Gasteiger partial charge in [0, 0.05) is 6.42 Å². The first kappa shape index (κ1) is 60.7. The summed E-state index contributed by atoms with van der Waals surface area (Å²) in [6, 6.07) is -0.905. The third-order valence-corrected chi connectivity index (χ3v) is 12.8. The van der Waals surface area contributed by atoms with E-state index in [-0.39, 0.29) is 12.5 Å². The van der Waals surface area contributed by atoms with Gasteiger partial charge in [0.1, 0.15) is 13.2 Å². The Balaban J connectivity index is 4.33. The number of rotatable bonds is 48. The van der Waals surface area contributed by atoms with Gasteiger partial charge in [-0.25, -0.2) is 0 Å². The number of hydrogen-bond acceptors (Lipinski definition) is 6. The number of phosphoric acid groups is 1. The second-order valence-corrected chi connectivity index (χ2v) is 20.6. The molecule has 0 radical (unpaired) electrons. The summed E-state index contributed by atoms with van der Waals surface area (Å²) in [5.74, 6) is -0.210. The fraction of sp³-hybridized carbons (Fsp3) is 0.868. The predicted molar refractivity (Wildman–Crippen MR) is 265 cm³/mol. The summed E-state index contributed by atoms with van der Waals surface area (Å²) >= 11 is 0. The molecule has 1 amide bonds. The van der Waals surface area contributed by atoms with E-state index >= 15 is 0 Å². The lowest BCUT2D eigenvalue weighted by Crippen LogP contribution is -2.45. The van der Waals surface area contributed by atoms with E-state index in [1.54, 1.807) is 6.08 Å². The summed E-state index contributed by atoms with van der Waals surface area (Å²) in [7, 11) is 1.24. The zero-order chi connectivity index (χ0) is 45.7. The van der Waals surface area contributed by atoms with Crippen LogP contribution in [0, 0.1) is 0 Å². The van der Waals surface area contributed by atoms with Crippen molar-refractivity contribution in [1.29, 1.82) is 0 Å². The minimum absolute atomic E-state index is 0.00680. The van der Waals surface area contributed by atoms with Gasteiger partial charge in [0.15, 0.2) is 0 Å². The molecule has 62 heavy (non-hydrogen) atoms. The van der Waals surface area contributed by atoms with Gasteiger partial charge in [-0.15, -0.1) is 0 Å². The summed E-state index contributed by atoms with van der Waals surface area (Å²) in [5, 5.41) is 13.8. The number of carbonyl (C=O) groups excluding carboxylic acids is 1. The molecule has 0 aliphatic rings. The third kappa shape index (κ3) is 46.7. The molecule has 0 aliphatic carbocycles. The van der Waals surface area contributed by atoms with E-state index in [0.29, 0.717) is 17.4 Å². The second-order valence-electron chi connectivity index (χ2n) is 19.2. The first-order chi connectivity index (χ1) is 30.0. The van der Waals surface area contributed by atoms with E-state index in [2.05, 4.69) is 43.5 Å². The number of aliphatic hydroxyl groups excluding tert-OH is 1. The van der Waals surface area contributed by atoms with Crippen molar-refractivity contribution in [3.05, 3.63) is 36.5 Å². The molecule has 0 aromatic carbocycles. The molecule has 0 aromatic heterocycles. The Morgan fingerprint density at radius 1 is 0.548 bits per heavy atom. The molecule has 366 valence electrons. The summed E-state index contributed by atoms with van der Waals surface area (Å²) in [5.41, 5.74) is 0. The quantitative estimate of drug-likeness (QED) is 0.0273. The predicted octanol–water partition coefficient (Wildman–Crippen LogP) is 14.8. The Hall–Kier alpha value is -1.28. The van der Waals surface area contributed by atoms with Gasteiger partial charge in [-0.05, 0) is 57.8 Å². The van der Waals surface area contributed by atoms with Crippen LogP contribution in [0.1, 0.15) is 245 Å². The van der Waals surface area contributed by atoms with Crippen molar-refractivity contribution in [3.63, 3.8) is 0 Å². The number of phosphoric ester groups is 1. The van der Waals surface area contributed by atoms with E-state index in [9.17, 15) is 19.4 Å². The summed E-state index contributed by atoms with van der Waals surface area (Å²) < 4.78 is 23.3. The number of carbonyl (C=O) groups is 1. The summed E-state index contributed by atoms with van der Waals surface area (Å²) in [6.07, 6.45) is 56.4. The molecule has 3 atom stereocenters. The molecule has 0 aliphatic heterocycles. The van der Waals surface area contributed by atoms with Crippen molar-refractivity contribution < 1.29 is 32.9 Å². The Morgan fingerprint density at radius 3 is 1.31 bits per heavy atom. The number of amides is 1. The molecular weight excluding hydrogens is 792 g/mol. The normalized spacial score (nSPS) is 14.4. The molecule has 2 N–H and O–H groups in total. The van der Waals surface area contributed by atoms with Crippen molar-refractivity contribution in [3.8, 4) is 0 Å². The molecule has 0 saturated carbocycles. The molecule has 0 bridgehead atoms. The van der Waals surface area contributed by atoms with Crippen LogP contribution < -0.4 is 10.2 Å². The van der Waals surface area contributed by atoms with Crippen LogP contribution in [0.15, 0.2) is 36.5 Å². The largest absolute Gasteiger partial charge is 0.756 e. The third-order valence-electron chi connectivity index (χ3n) is 11.8. The maximum absolute atomic E-state index is 12.9. The van der Waals surface area contributed by atoms with Crippen LogP contribution in [0.25, 0.3) is 0 Å². The second kappa shape index (κ2) is 44.9. The van der Waals surface area contributed by atoms with E-state index in [0.717, 1.165) is 38.5 Å². The van der Waals surface area contributed by atoms with Crippen LogP contribution in [0.3, 0.4) is 0 Å². The zero-order valence-corrected chi connectivity index (χ0v) is 42.5. The number of nitrogens with one attached hydrogen (secondary N) is 1. The van der Waals surface area contributed by atoms with E-state index in [4.69, 9.17) is 9.05 Å². The van der Waals surface area contributed by atoms with Gasteiger partial charge in [-0.1, -0.05) is 217 Å². The van der Waals surface area contributed by atoms with Crippen LogP contribution in [-0.2, 0) is 18.4 Å². The number of hydrogen-bond donors (Lipinski definition) is 2. The Morgan fingerprint density at radius 2 is 0.903 bits per heavy atom. The molecular formula is C53H103N2O6P. The molecule has 0 saturated heterocycles. The molecule has 3 unspecified atom stereocenters. The van der Waals surface area contributed by atoms with Crippen LogP contribution in [0.5, 0.6) is 0 Å². The topological polar surface area (TPSA) is 108 Å². The van der Waals surface area contributed by atoms with Gasteiger partial charge in [-0.2, -0.15) is 0 Å². The van der Waals surface area contributed by atoms with Crippen molar-refractivity contribution >= 4 is 13.7 Å². The van der Waals surface area contributed by atoms with Crippen LogP contribution in [0.4, 0.5) is 0 Å². The SMILES string of the molecule is CCCCCCCC/C=C\CCCCCCCCCC(=O)NC(COP(=O)([O-])OCC[N+](C)(C)C)C(O)/C=C/CC/C=C/CCCCCCCCCCCCCCCCCCC. The zero-order valence-electron chi connectivity index (χ0n) is 41.6. The highest BCUT2D eigenvalue weighted by molar-refractivity contribution is 7.45. The number of likely N-dealkylation sites (N-methyl/N-ethyl adjacent to an activating group) is 1. The average Bonchev–Trinajstić information content (AvgIpc) is 3.23. The van der Waals surface area contributed by atoms with Gasteiger partial charge in [0.2, 0.25) is 5.91 Å². The summed E-state index contributed by atoms with van der Waals surface area (Å²) in [6.45, 7) is 4.64. The molecule has 9 heteroatoms. The average molecular weight is 895 g/mol. The van der Waals surface area contributed by atoms with Crippen molar-refractivity contribution in [1.82, 2.24) is 5.32 Å². The van der Waals surface area contributed by atoms with E-state index in [1.807, 2.05) is 27.2 Å². The van der Waals surface area contributed by atoms with Crippen LogP contribution >= 0.6 is 7.82 Å². The highest BCUT2D eigenvalue weighted by Crippen LogP contribution is 2.38. The number of aliphatic hydroxyl groups is 1. The Labute approximate surface area is 385 Å². The maximum atomic E-state index is 12.9. The van der Waals surface area contributed by atoms with Crippen LogP contribution in [0.2, 0.25) is 0 Å². The van der Waals surface area contributed by atoms with E-state index < -0.39 is 26.6 Å².